The van der Waals surface area contributed by atoms with Gasteiger partial charge in [-0.25, -0.2) is 4.79 Å². The van der Waals surface area contributed by atoms with Gasteiger partial charge < -0.3 is 59.1 Å². The minimum Gasteiger partial charge on any atom is -0.507 e. The zero-order chi connectivity index (χ0) is 41.6. The van der Waals surface area contributed by atoms with Crippen molar-refractivity contribution in [2.75, 3.05) is 21.3 Å². The first-order valence-corrected chi connectivity index (χ1v) is 18.4. The van der Waals surface area contributed by atoms with Crippen molar-refractivity contribution in [1.82, 2.24) is 0 Å². The number of hydrogen-bond acceptors (Lipinski definition) is 17. The van der Waals surface area contributed by atoms with E-state index in [9.17, 15) is 54.6 Å². The maximum absolute atomic E-state index is 14.7. The summed E-state index contributed by atoms with van der Waals surface area (Å²) in [5.74, 6) is -7.55. The number of phenols is 2. The molecule has 3 aliphatic carbocycles. The molecule has 17 heteroatoms. The van der Waals surface area contributed by atoms with Gasteiger partial charge in [0.05, 0.1) is 48.8 Å². The van der Waals surface area contributed by atoms with Crippen molar-refractivity contribution in [2.45, 2.75) is 113 Å². The van der Waals surface area contributed by atoms with Crippen LogP contribution in [0.2, 0.25) is 0 Å². The van der Waals surface area contributed by atoms with Gasteiger partial charge in [0.15, 0.2) is 29.1 Å². The molecule has 3 unspecified atom stereocenters. The van der Waals surface area contributed by atoms with Gasteiger partial charge in [0.1, 0.15) is 35.4 Å². The molecule has 0 radical (unpaired) electrons. The standard InChI is InChI=1S/C40H44O17/c1-14-9-17-12-24(43)40(54-6)37(49)28-20(36(48)39(40,51)29(17)32(46)26(14)38(50)53-5)13-19-27(31(28)45)22(42)10-18(30(19)44)11-23-35(52-4)33(47)34(16(3)55-23)57-25-8-7-21(41)15(2)56-25/h9-10,13,15-16,21,23-25,33-35,41,43,45-47,51H,7-8,11-12H2,1-6H3/t15?,16-,21-,23?,24+,25?,33+,34-,35-,39-,40+/m0/s1. The number of fused-ring (bicyclic) bond motifs is 5. The third-order valence-corrected chi connectivity index (χ3v) is 12.1. The maximum atomic E-state index is 14.7. The van der Waals surface area contributed by atoms with Crippen LogP contribution >= 0.6 is 0 Å². The molecule has 2 heterocycles. The van der Waals surface area contributed by atoms with Gasteiger partial charge in [-0.05, 0) is 50.5 Å². The van der Waals surface area contributed by atoms with Crippen molar-refractivity contribution >= 4 is 29.1 Å². The van der Waals surface area contributed by atoms with Crippen molar-refractivity contribution in [3.63, 3.8) is 0 Å². The number of carbonyl (C=O) groups excluding carboxylic acids is 5. The van der Waals surface area contributed by atoms with E-state index in [1.54, 1.807) is 13.8 Å². The summed E-state index contributed by atoms with van der Waals surface area (Å²) in [6, 6.07) is 2.21. The fourth-order valence-electron chi connectivity index (χ4n) is 9.25. The Balaban J connectivity index is 1.26. The van der Waals surface area contributed by atoms with E-state index in [2.05, 4.69) is 0 Å². The zero-order valence-electron chi connectivity index (χ0n) is 31.9. The molecular weight excluding hydrogens is 752 g/mol. The van der Waals surface area contributed by atoms with E-state index < -0.39 is 147 Å². The highest BCUT2D eigenvalue weighted by atomic mass is 16.7. The van der Waals surface area contributed by atoms with Crippen LogP contribution in [-0.2, 0) is 40.4 Å². The lowest BCUT2D eigenvalue weighted by molar-refractivity contribution is -0.297. The quantitative estimate of drug-likeness (QED) is 0.213. The van der Waals surface area contributed by atoms with Gasteiger partial charge >= 0.3 is 5.97 Å². The van der Waals surface area contributed by atoms with E-state index in [1.807, 2.05) is 0 Å². The second kappa shape index (κ2) is 14.4. The van der Waals surface area contributed by atoms with E-state index >= 15 is 0 Å². The number of aromatic hydroxyl groups is 2. The van der Waals surface area contributed by atoms with Crippen LogP contribution < -0.4 is 0 Å². The average Bonchev–Trinajstić information content (AvgIpc) is 3.15. The van der Waals surface area contributed by atoms with Gasteiger partial charge in [-0.2, -0.15) is 0 Å². The number of aryl methyl sites for hydroxylation is 1. The Morgan fingerprint density at radius 2 is 1.60 bits per heavy atom. The summed E-state index contributed by atoms with van der Waals surface area (Å²) >= 11 is 0. The summed E-state index contributed by atoms with van der Waals surface area (Å²) < 4.78 is 33.9. The van der Waals surface area contributed by atoms with Gasteiger partial charge in [0.2, 0.25) is 11.6 Å². The Labute approximate surface area is 325 Å². The molecule has 2 aliphatic heterocycles. The summed E-state index contributed by atoms with van der Waals surface area (Å²) in [5, 5.41) is 68.5. The predicted molar refractivity (Wildman–Crippen MR) is 191 cm³/mol. The molecule has 57 heavy (non-hydrogen) atoms. The molecule has 0 amide bonds. The van der Waals surface area contributed by atoms with Crippen molar-refractivity contribution in [3.8, 4) is 11.5 Å². The lowest BCUT2D eigenvalue weighted by Crippen LogP contribution is -2.73. The van der Waals surface area contributed by atoms with Crippen LogP contribution in [0.1, 0.15) is 102 Å². The molecule has 306 valence electrons. The molecule has 0 aromatic heterocycles. The largest absolute Gasteiger partial charge is 0.507 e. The molecule has 7 rings (SSSR count). The minimum absolute atomic E-state index is 0.00700. The number of ketones is 4. The second-order valence-electron chi connectivity index (χ2n) is 15.2. The summed E-state index contributed by atoms with van der Waals surface area (Å²) in [7, 11) is 3.28. The fourth-order valence-corrected chi connectivity index (χ4v) is 9.25. The predicted octanol–water partition coefficient (Wildman–Crippen LogP) is 0.892. The monoisotopic (exact) mass is 796 g/mol. The van der Waals surface area contributed by atoms with Crippen LogP contribution in [0, 0.1) is 6.92 Å². The third-order valence-electron chi connectivity index (χ3n) is 12.1. The number of allylic oxidation sites excluding steroid dienone is 1. The topological polar surface area (TPSA) is 262 Å². The molecule has 2 saturated heterocycles. The van der Waals surface area contributed by atoms with Gasteiger partial charge in [-0.1, -0.05) is 6.07 Å². The van der Waals surface area contributed by atoms with E-state index in [0.29, 0.717) is 12.8 Å². The summed E-state index contributed by atoms with van der Waals surface area (Å²) in [5.41, 5.74) is -9.88. The lowest BCUT2D eigenvalue weighted by Gasteiger charge is -2.52. The fraction of sp³-hybridized carbons (Fsp3) is 0.525. The highest BCUT2D eigenvalue weighted by Gasteiger charge is 2.72. The molecule has 2 aromatic carbocycles. The number of ether oxygens (including phenoxy) is 6. The smallest absolute Gasteiger partial charge is 0.341 e. The first-order chi connectivity index (χ1) is 26.9. The summed E-state index contributed by atoms with van der Waals surface area (Å²) in [4.78, 5) is 70.0. The molecule has 0 spiro atoms. The zero-order valence-corrected chi connectivity index (χ0v) is 31.9. The van der Waals surface area contributed by atoms with Crippen molar-refractivity contribution in [3.05, 3.63) is 68.3 Å². The molecule has 5 aliphatic rings. The van der Waals surface area contributed by atoms with Crippen molar-refractivity contribution in [1.29, 1.82) is 0 Å². The van der Waals surface area contributed by atoms with Crippen LogP contribution in [0.15, 0.2) is 23.8 Å². The van der Waals surface area contributed by atoms with Gasteiger partial charge in [0, 0.05) is 55.7 Å². The van der Waals surface area contributed by atoms with E-state index in [0.717, 1.165) is 26.4 Å². The number of methoxy groups -OCH3 is 3. The number of esters is 1. The summed E-state index contributed by atoms with van der Waals surface area (Å²) in [6.45, 7) is 4.78. The SMILES string of the molecule is COC(=O)c1c(C)cc2c(c1O)[C@]1(O)C(=O)c3cc4c(c(O)c3C(=O)[C@]1(OC)[C@H](O)C2)C(=O)C=C(CC1O[C@@H](C)[C@H](OC2CC[C@H](O)C(C)O2)[C@@H](O)[C@H]1OC)C4=O. The molecule has 11 atom stereocenters. The number of rotatable bonds is 7. The Kier molecular flexibility index (Phi) is 10.3. The molecular formula is C40H44O17. The maximum Gasteiger partial charge on any atom is 0.341 e. The molecule has 0 bridgehead atoms. The van der Waals surface area contributed by atoms with Crippen LogP contribution in [-0.4, -0.2) is 142 Å². The molecule has 2 aromatic rings. The molecule has 6 N–H and O–H groups in total. The highest BCUT2D eigenvalue weighted by Crippen LogP contribution is 2.56. The van der Waals surface area contributed by atoms with Crippen LogP contribution in [0.4, 0.5) is 0 Å². The first-order valence-electron chi connectivity index (χ1n) is 18.4. The van der Waals surface area contributed by atoms with E-state index in [4.69, 9.17) is 28.4 Å². The van der Waals surface area contributed by atoms with Gasteiger partial charge in [0.25, 0.3) is 0 Å². The minimum atomic E-state index is -3.24. The van der Waals surface area contributed by atoms with E-state index in [1.165, 1.54) is 20.1 Å². The number of hydrogen-bond donors (Lipinski definition) is 6. The first kappa shape index (κ1) is 40.8. The number of benzene rings is 2. The highest BCUT2D eigenvalue weighted by molar-refractivity contribution is 6.31. The average molecular weight is 797 g/mol. The third kappa shape index (κ3) is 5.74. The van der Waals surface area contributed by atoms with Crippen LogP contribution in [0.5, 0.6) is 11.5 Å². The Morgan fingerprint density at radius 1 is 0.895 bits per heavy atom. The van der Waals surface area contributed by atoms with Gasteiger partial charge in [-0.3, -0.25) is 19.2 Å². The van der Waals surface area contributed by atoms with Crippen molar-refractivity contribution < 1.29 is 83.0 Å². The number of aliphatic hydroxyl groups excluding tert-OH is 3. The Bertz CT molecular complexity index is 2120. The molecule has 17 nitrogen and oxygen atoms in total. The Hall–Kier alpha value is -4.43. The number of Topliss-reactive ketones (excluding diaryl/α,β-unsaturated/α-hetero) is 3. The molecule has 2 fully saturated rings. The lowest BCUT2D eigenvalue weighted by atomic mass is 9.56. The number of aliphatic hydroxyl groups is 4. The number of phenolic OH excluding ortho intramolecular Hbond substituents is 2. The Morgan fingerprint density at radius 3 is 2.23 bits per heavy atom. The molecule has 0 saturated carbocycles. The second-order valence-corrected chi connectivity index (χ2v) is 15.2. The summed E-state index contributed by atoms with van der Waals surface area (Å²) in [6.07, 6.45) is -8.04. The van der Waals surface area contributed by atoms with Gasteiger partial charge in [-0.15, -0.1) is 0 Å². The number of carbonyl (C=O) groups is 5. The van der Waals surface area contributed by atoms with Crippen molar-refractivity contribution in [2.24, 2.45) is 0 Å². The van der Waals surface area contributed by atoms with E-state index in [-0.39, 0.29) is 23.1 Å². The van der Waals surface area contributed by atoms with Crippen LogP contribution in [0.3, 0.4) is 0 Å². The normalized spacial score (nSPS) is 34.8. The van der Waals surface area contributed by atoms with Crippen LogP contribution in [0.25, 0.3) is 0 Å².